The molecule has 0 aliphatic heterocycles. The maximum Gasteiger partial charge on any atom is 0.0827 e. The van der Waals surface area contributed by atoms with Crippen molar-refractivity contribution in [3.63, 3.8) is 0 Å². The Balaban J connectivity index is 2.04. The van der Waals surface area contributed by atoms with Gasteiger partial charge in [0.1, 0.15) is 0 Å². The Kier molecular flexibility index (Phi) is 5.26. The van der Waals surface area contributed by atoms with Gasteiger partial charge in [0.2, 0.25) is 0 Å². The van der Waals surface area contributed by atoms with Crippen molar-refractivity contribution in [2.24, 2.45) is 5.92 Å². The maximum atomic E-state index is 10.7. The van der Waals surface area contributed by atoms with Crippen LogP contribution in [0.4, 0.5) is 0 Å². The van der Waals surface area contributed by atoms with Crippen LogP contribution in [0.3, 0.4) is 0 Å². The van der Waals surface area contributed by atoms with E-state index in [1.807, 2.05) is 31.2 Å². The van der Waals surface area contributed by atoms with Gasteiger partial charge in [-0.15, -0.1) is 0 Å². The molecule has 1 aromatic carbocycles. The number of rotatable bonds is 4. The molecule has 3 heteroatoms. The highest BCUT2D eigenvalue weighted by atomic mass is 127. The third kappa shape index (κ3) is 3.92. The molecule has 0 saturated heterocycles. The molecule has 0 aromatic heterocycles. The van der Waals surface area contributed by atoms with Crippen LogP contribution in [0.5, 0.6) is 0 Å². The molecule has 0 heterocycles. The van der Waals surface area contributed by atoms with E-state index in [9.17, 15) is 10.2 Å². The first-order chi connectivity index (χ1) is 9.00. The van der Waals surface area contributed by atoms with Gasteiger partial charge in [-0.3, -0.25) is 0 Å². The lowest BCUT2D eigenvalue weighted by molar-refractivity contribution is -0.0537. The predicted molar refractivity (Wildman–Crippen MR) is 85.9 cm³/mol. The van der Waals surface area contributed by atoms with Crippen molar-refractivity contribution in [2.75, 3.05) is 0 Å². The van der Waals surface area contributed by atoms with Crippen LogP contribution in [0.25, 0.3) is 0 Å². The zero-order chi connectivity index (χ0) is 13.9. The van der Waals surface area contributed by atoms with Gasteiger partial charge in [0.15, 0.2) is 0 Å². The van der Waals surface area contributed by atoms with Gasteiger partial charge >= 0.3 is 0 Å². The average Bonchev–Trinajstić information content (AvgIpc) is 2.39. The van der Waals surface area contributed by atoms with Crippen LogP contribution in [0, 0.1) is 9.49 Å². The third-order valence-corrected chi connectivity index (χ3v) is 5.34. The van der Waals surface area contributed by atoms with E-state index in [2.05, 4.69) is 22.6 Å². The summed E-state index contributed by atoms with van der Waals surface area (Å²) >= 11 is 2.24. The van der Waals surface area contributed by atoms with Gasteiger partial charge in [-0.2, -0.15) is 0 Å². The molecular formula is C16H23IO2. The first-order valence-electron chi connectivity index (χ1n) is 7.15. The number of halogens is 1. The Morgan fingerprint density at radius 1 is 1.26 bits per heavy atom. The van der Waals surface area contributed by atoms with Crippen molar-refractivity contribution in [1.29, 1.82) is 0 Å². The van der Waals surface area contributed by atoms with Gasteiger partial charge in [0, 0.05) is 9.99 Å². The normalized spacial score (nSPS) is 21.9. The summed E-state index contributed by atoms with van der Waals surface area (Å²) in [7, 11) is 0. The Morgan fingerprint density at radius 2 is 1.89 bits per heavy atom. The zero-order valence-electron chi connectivity index (χ0n) is 11.5. The molecule has 2 atom stereocenters. The molecule has 0 amide bonds. The molecule has 1 fully saturated rings. The molecule has 0 radical (unpaired) electrons. The molecule has 1 unspecified atom stereocenters. The summed E-state index contributed by atoms with van der Waals surface area (Å²) in [5.41, 5.74) is 0.165. The summed E-state index contributed by atoms with van der Waals surface area (Å²) in [6.45, 7) is 1.89. The molecule has 0 spiro atoms. The van der Waals surface area contributed by atoms with Crippen LogP contribution >= 0.6 is 22.6 Å². The number of hydrogen-bond donors (Lipinski definition) is 2. The van der Waals surface area contributed by atoms with Gasteiger partial charge in [-0.25, -0.2) is 0 Å². The molecule has 1 aliphatic carbocycles. The predicted octanol–water partition coefficient (Wildman–Crippen LogP) is 4.05. The van der Waals surface area contributed by atoms with Crippen molar-refractivity contribution in [2.45, 2.75) is 57.2 Å². The van der Waals surface area contributed by atoms with Gasteiger partial charge in [0.05, 0.1) is 11.7 Å². The van der Waals surface area contributed by atoms with E-state index in [0.29, 0.717) is 12.3 Å². The second-order valence-electron chi connectivity index (χ2n) is 5.93. The molecule has 2 N–H and O–H groups in total. The van der Waals surface area contributed by atoms with Crippen LogP contribution in [0.1, 0.15) is 57.1 Å². The van der Waals surface area contributed by atoms with E-state index < -0.39 is 11.7 Å². The molecular weight excluding hydrogens is 351 g/mol. The summed E-state index contributed by atoms with van der Waals surface area (Å²) in [5.74, 6) is 0.331. The van der Waals surface area contributed by atoms with Gasteiger partial charge < -0.3 is 10.2 Å². The molecule has 1 aromatic rings. The Bertz CT molecular complexity index is 411. The monoisotopic (exact) mass is 374 g/mol. The van der Waals surface area contributed by atoms with E-state index >= 15 is 0 Å². The van der Waals surface area contributed by atoms with Crippen molar-refractivity contribution in [3.8, 4) is 0 Å². The fourth-order valence-electron chi connectivity index (χ4n) is 3.14. The molecule has 19 heavy (non-hydrogen) atoms. The standard InChI is InChI=1S/C16H23IO2/c1-16(19,12-7-3-2-4-8-12)11-15(18)13-9-5-6-10-14(13)17/h5-6,9-10,12,15,18-19H,2-4,7-8,11H2,1H3/t15-,16?/m1/s1. The lowest BCUT2D eigenvalue weighted by atomic mass is 9.75. The number of benzene rings is 1. The van der Waals surface area contributed by atoms with Crippen LogP contribution < -0.4 is 0 Å². The molecule has 2 nitrogen and oxygen atoms in total. The van der Waals surface area contributed by atoms with E-state index in [1.165, 1.54) is 19.3 Å². The molecule has 1 aliphatic rings. The van der Waals surface area contributed by atoms with Crippen LogP contribution in [-0.4, -0.2) is 15.8 Å². The summed E-state index contributed by atoms with van der Waals surface area (Å²) in [5, 5.41) is 21.1. The fraction of sp³-hybridized carbons (Fsp3) is 0.625. The Labute approximate surface area is 129 Å². The number of hydrogen-bond acceptors (Lipinski definition) is 2. The summed E-state index contributed by atoms with van der Waals surface area (Å²) in [6.07, 6.45) is 5.73. The molecule has 0 bridgehead atoms. The highest BCUT2D eigenvalue weighted by Crippen LogP contribution is 2.38. The molecule has 1 saturated carbocycles. The largest absolute Gasteiger partial charge is 0.390 e. The van der Waals surface area contributed by atoms with Crippen LogP contribution in [0.15, 0.2) is 24.3 Å². The second-order valence-corrected chi connectivity index (χ2v) is 7.10. The Hall–Kier alpha value is -0.130. The van der Waals surface area contributed by atoms with E-state index in [1.54, 1.807) is 0 Å². The van der Waals surface area contributed by atoms with Gasteiger partial charge in [0.25, 0.3) is 0 Å². The minimum absolute atomic E-state index is 0.331. The Morgan fingerprint density at radius 3 is 2.53 bits per heavy atom. The zero-order valence-corrected chi connectivity index (χ0v) is 13.6. The SMILES string of the molecule is CC(O)(C[C@@H](O)c1ccccc1I)C1CCCCC1. The highest BCUT2D eigenvalue weighted by Gasteiger charge is 2.35. The van der Waals surface area contributed by atoms with Crippen LogP contribution in [-0.2, 0) is 0 Å². The summed E-state index contributed by atoms with van der Waals surface area (Å²) in [6, 6.07) is 7.85. The van der Waals surface area contributed by atoms with Crippen molar-refractivity contribution < 1.29 is 10.2 Å². The maximum absolute atomic E-state index is 10.7. The minimum Gasteiger partial charge on any atom is -0.390 e. The first kappa shape index (κ1) is 15.3. The topological polar surface area (TPSA) is 40.5 Å². The lowest BCUT2D eigenvalue weighted by Gasteiger charge is -2.37. The highest BCUT2D eigenvalue weighted by molar-refractivity contribution is 14.1. The minimum atomic E-state index is -0.765. The van der Waals surface area contributed by atoms with Gasteiger partial charge in [-0.1, -0.05) is 37.5 Å². The summed E-state index contributed by atoms with van der Waals surface area (Å²) < 4.78 is 1.06. The second kappa shape index (κ2) is 6.55. The smallest absolute Gasteiger partial charge is 0.0827 e. The molecule has 2 rings (SSSR count). The lowest BCUT2D eigenvalue weighted by Crippen LogP contribution is -2.37. The van der Waals surface area contributed by atoms with Gasteiger partial charge in [-0.05, 0) is 59.9 Å². The number of aliphatic hydroxyl groups is 2. The number of aliphatic hydroxyl groups excluding tert-OH is 1. The third-order valence-electron chi connectivity index (χ3n) is 4.36. The summed E-state index contributed by atoms with van der Waals surface area (Å²) in [4.78, 5) is 0. The molecule has 106 valence electrons. The van der Waals surface area contributed by atoms with Crippen molar-refractivity contribution in [3.05, 3.63) is 33.4 Å². The first-order valence-corrected chi connectivity index (χ1v) is 8.23. The van der Waals surface area contributed by atoms with E-state index in [4.69, 9.17) is 0 Å². The van der Waals surface area contributed by atoms with Crippen LogP contribution in [0.2, 0.25) is 0 Å². The van der Waals surface area contributed by atoms with Crippen molar-refractivity contribution in [1.82, 2.24) is 0 Å². The fourth-order valence-corrected chi connectivity index (χ4v) is 3.88. The van der Waals surface area contributed by atoms with E-state index in [-0.39, 0.29) is 0 Å². The average molecular weight is 374 g/mol. The quantitative estimate of drug-likeness (QED) is 0.781. The van der Waals surface area contributed by atoms with Crippen molar-refractivity contribution >= 4 is 22.6 Å². The van der Waals surface area contributed by atoms with E-state index in [0.717, 1.165) is 22.0 Å².